The van der Waals surface area contributed by atoms with Crippen LogP contribution in [0.4, 0.5) is 18.9 Å². The zero-order chi connectivity index (χ0) is 10.8. The standard InChI is InChI=1S/C9H11BF3N/c1-6-4-7(2-3-8(6)10)14-5-9(11,12)13/h2-4,14H,5,10H2,1H3. The Kier molecular flexibility index (Phi) is 3.08. The monoisotopic (exact) mass is 201 g/mol. The van der Waals surface area contributed by atoms with E-state index in [1.54, 1.807) is 18.2 Å². The molecule has 0 aliphatic heterocycles. The van der Waals surface area contributed by atoms with E-state index in [9.17, 15) is 13.2 Å². The maximum absolute atomic E-state index is 11.9. The van der Waals surface area contributed by atoms with Crippen LogP contribution in [0.5, 0.6) is 0 Å². The highest BCUT2D eigenvalue weighted by atomic mass is 19.4. The SMILES string of the molecule is Bc1ccc(NCC(F)(F)F)cc1C. The first kappa shape index (κ1) is 11.0. The number of anilines is 1. The first-order chi connectivity index (χ1) is 6.38. The molecule has 5 heteroatoms. The van der Waals surface area contributed by atoms with E-state index in [0.717, 1.165) is 11.0 Å². The van der Waals surface area contributed by atoms with E-state index >= 15 is 0 Å². The van der Waals surface area contributed by atoms with Gasteiger partial charge in [0, 0.05) is 5.69 Å². The molecule has 0 amide bonds. The number of alkyl halides is 3. The molecule has 0 bridgehead atoms. The fourth-order valence-corrected chi connectivity index (χ4v) is 1.05. The molecule has 0 saturated heterocycles. The van der Waals surface area contributed by atoms with Gasteiger partial charge in [-0.1, -0.05) is 17.1 Å². The summed E-state index contributed by atoms with van der Waals surface area (Å²) in [6, 6.07) is 5.16. The van der Waals surface area contributed by atoms with Crippen LogP contribution in [-0.2, 0) is 0 Å². The number of rotatable bonds is 2. The van der Waals surface area contributed by atoms with Crippen LogP contribution in [0.15, 0.2) is 18.2 Å². The summed E-state index contributed by atoms with van der Waals surface area (Å²) in [4.78, 5) is 0. The Bertz CT molecular complexity index is 322. The minimum Gasteiger partial charge on any atom is -0.376 e. The first-order valence-corrected chi connectivity index (χ1v) is 4.26. The molecule has 0 unspecified atom stereocenters. The summed E-state index contributed by atoms with van der Waals surface area (Å²) in [7, 11) is 1.92. The molecule has 1 rings (SSSR count). The van der Waals surface area contributed by atoms with Crippen LogP contribution < -0.4 is 10.8 Å². The predicted molar refractivity (Wildman–Crippen MR) is 53.9 cm³/mol. The average molecular weight is 201 g/mol. The van der Waals surface area contributed by atoms with E-state index in [-0.39, 0.29) is 0 Å². The van der Waals surface area contributed by atoms with E-state index in [1.165, 1.54) is 0 Å². The summed E-state index contributed by atoms with van der Waals surface area (Å²) in [5.74, 6) is 0. The highest BCUT2D eigenvalue weighted by molar-refractivity contribution is 6.33. The molecule has 0 saturated carbocycles. The van der Waals surface area contributed by atoms with Gasteiger partial charge in [-0.25, -0.2) is 0 Å². The first-order valence-electron chi connectivity index (χ1n) is 4.26. The molecule has 0 aliphatic carbocycles. The third-order valence-corrected chi connectivity index (χ3v) is 2.00. The molecule has 0 spiro atoms. The maximum atomic E-state index is 11.9. The van der Waals surface area contributed by atoms with E-state index in [4.69, 9.17) is 0 Å². The molecule has 0 heterocycles. The fourth-order valence-electron chi connectivity index (χ4n) is 1.05. The van der Waals surface area contributed by atoms with Gasteiger partial charge in [0.05, 0.1) is 0 Å². The second-order valence-electron chi connectivity index (χ2n) is 3.27. The van der Waals surface area contributed by atoms with Crippen LogP contribution in [0.3, 0.4) is 0 Å². The van der Waals surface area contributed by atoms with Gasteiger partial charge in [0.15, 0.2) is 0 Å². The molecule has 14 heavy (non-hydrogen) atoms. The predicted octanol–water partition coefficient (Wildman–Crippen LogP) is 1.23. The zero-order valence-electron chi connectivity index (χ0n) is 8.07. The molecular formula is C9H11BF3N. The molecule has 0 fully saturated rings. The lowest BCUT2D eigenvalue weighted by Gasteiger charge is -2.10. The number of halogens is 3. The van der Waals surface area contributed by atoms with Gasteiger partial charge in [0.1, 0.15) is 14.4 Å². The summed E-state index contributed by atoms with van der Waals surface area (Å²) < 4.78 is 35.6. The van der Waals surface area contributed by atoms with Gasteiger partial charge in [0.25, 0.3) is 0 Å². The van der Waals surface area contributed by atoms with Crippen LogP contribution in [0.25, 0.3) is 0 Å². The van der Waals surface area contributed by atoms with Gasteiger partial charge in [0.2, 0.25) is 0 Å². The average Bonchev–Trinajstić information content (AvgIpc) is 2.06. The van der Waals surface area contributed by atoms with Crippen LogP contribution in [0.2, 0.25) is 0 Å². The van der Waals surface area contributed by atoms with Crippen molar-refractivity contribution in [2.75, 3.05) is 11.9 Å². The third-order valence-electron chi connectivity index (χ3n) is 2.00. The van der Waals surface area contributed by atoms with Gasteiger partial charge in [-0.05, 0) is 19.1 Å². The minimum absolute atomic E-state index is 0.505. The zero-order valence-corrected chi connectivity index (χ0v) is 8.07. The van der Waals surface area contributed by atoms with Gasteiger partial charge >= 0.3 is 6.18 Å². The van der Waals surface area contributed by atoms with Crippen molar-refractivity contribution in [3.05, 3.63) is 23.8 Å². The number of nitrogens with one attached hydrogen (secondary N) is 1. The summed E-state index contributed by atoms with van der Waals surface area (Å²) >= 11 is 0. The van der Waals surface area contributed by atoms with E-state index < -0.39 is 12.7 Å². The Hall–Kier alpha value is -1.13. The summed E-state index contributed by atoms with van der Waals surface area (Å²) in [6.07, 6.45) is -4.17. The van der Waals surface area contributed by atoms with Crippen molar-refractivity contribution in [2.24, 2.45) is 0 Å². The van der Waals surface area contributed by atoms with E-state index in [1.807, 2.05) is 14.8 Å². The highest BCUT2D eigenvalue weighted by Gasteiger charge is 2.26. The molecule has 0 atom stereocenters. The lowest BCUT2D eigenvalue weighted by atomic mass is 9.91. The Morgan fingerprint density at radius 1 is 1.36 bits per heavy atom. The topological polar surface area (TPSA) is 12.0 Å². The van der Waals surface area contributed by atoms with Crippen LogP contribution in [0.1, 0.15) is 5.56 Å². The molecule has 1 aromatic carbocycles. The quantitative estimate of drug-likeness (QED) is 0.709. The number of aryl methyl sites for hydroxylation is 1. The summed E-state index contributed by atoms with van der Waals surface area (Å²) in [6.45, 7) is 0.879. The second kappa shape index (κ2) is 3.94. The number of hydrogen-bond donors (Lipinski definition) is 1. The van der Waals surface area contributed by atoms with Crippen molar-refractivity contribution in [3.63, 3.8) is 0 Å². The van der Waals surface area contributed by atoms with Crippen LogP contribution >= 0.6 is 0 Å². The summed E-state index contributed by atoms with van der Waals surface area (Å²) in [5.41, 5.74) is 2.56. The maximum Gasteiger partial charge on any atom is 0.405 e. The Morgan fingerprint density at radius 2 is 2.00 bits per heavy atom. The molecule has 0 aliphatic rings. The van der Waals surface area contributed by atoms with Crippen molar-refractivity contribution < 1.29 is 13.2 Å². The molecular weight excluding hydrogens is 190 g/mol. The Labute approximate surface area is 81.7 Å². The highest BCUT2D eigenvalue weighted by Crippen LogP contribution is 2.16. The van der Waals surface area contributed by atoms with Gasteiger partial charge < -0.3 is 5.32 Å². The Balaban J connectivity index is 2.65. The fraction of sp³-hybridized carbons (Fsp3) is 0.333. The van der Waals surface area contributed by atoms with Crippen molar-refractivity contribution in [2.45, 2.75) is 13.1 Å². The van der Waals surface area contributed by atoms with Crippen molar-refractivity contribution in [3.8, 4) is 0 Å². The molecule has 1 aromatic rings. The Morgan fingerprint density at radius 3 is 2.50 bits per heavy atom. The molecule has 1 nitrogen and oxygen atoms in total. The second-order valence-corrected chi connectivity index (χ2v) is 3.27. The summed E-state index contributed by atoms with van der Waals surface area (Å²) in [5, 5.41) is 2.33. The third kappa shape index (κ3) is 3.32. The minimum atomic E-state index is -4.17. The molecule has 0 aromatic heterocycles. The van der Waals surface area contributed by atoms with Crippen LogP contribution in [-0.4, -0.2) is 20.6 Å². The van der Waals surface area contributed by atoms with Gasteiger partial charge in [-0.15, -0.1) is 0 Å². The van der Waals surface area contributed by atoms with Crippen molar-refractivity contribution in [1.29, 1.82) is 0 Å². The largest absolute Gasteiger partial charge is 0.405 e. The molecule has 0 radical (unpaired) electrons. The number of hydrogen-bond acceptors (Lipinski definition) is 1. The van der Waals surface area contributed by atoms with Crippen LogP contribution in [0, 0.1) is 6.92 Å². The lowest BCUT2D eigenvalue weighted by molar-refractivity contribution is -0.115. The van der Waals surface area contributed by atoms with Crippen molar-refractivity contribution in [1.82, 2.24) is 0 Å². The van der Waals surface area contributed by atoms with E-state index in [2.05, 4.69) is 5.32 Å². The van der Waals surface area contributed by atoms with Gasteiger partial charge in [-0.2, -0.15) is 13.2 Å². The molecule has 1 N–H and O–H groups in total. The smallest absolute Gasteiger partial charge is 0.376 e. The molecule has 76 valence electrons. The normalized spacial score (nSPS) is 11.4. The van der Waals surface area contributed by atoms with E-state index in [0.29, 0.717) is 5.69 Å². The number of benzene rings is 1. The lowest BCUT2D eigenvalue weighted by Crippen LogP contribution is -2.21. The van der Waals surface area contributed by atoms with Gasteiger partial charge in [-0.3, -0.25) is 0 Å². The van der Waals surface area contributed by atoms with Crippen molar-refractivity contribution >= 4 is 19.0 Å².